The third-order valence-electron chi connectivity index (χ3n) is 3.72. The fourth-order valence-corrected chi connectivity index (χ4v) is 4.48. The van der Waals surface area contributed by atoms with Crippen LogP contribution in [-0.2, 0) is 14.6 Å². The molecule has 1 aliphatic heterocycles. The van der Waals surface area contributed by atoms with E-state index in [-0.39, 0.29) is 29.6 Å². The number of nitrogens with one attached hydrogen (secondary N) is 1. The number of ether oxygens (including phenoxy) is 1. The summed E-state index contributed by atoms with van der Waals surface area (Å²) in [5.41, 5.74) is -0.314. The lowest BCUT2D eigenvalue weighted by atomic mass is 10.0. The Balaban J connectivity index is 1.78. The summed E-state index contributed by atoms with van der Waals surface area (Å²) in [5, 5.41) is 2.90. The minimum Gasteiger partial charge on any atom is -0.423 e. The lowest BCUT2D eigenvalue weighted by Gasteiger charge is -2.25. The van der Waals surface area contributed by atoms with Gasteiger partial charge in [-0.05, 0) is 18.6 Å². The van der Waals surface area contributed by atoms with Crippen molar-refractivity contribution in [1.29, 1.82) is 0 Å². The van der Waals surface area contributed by atoms with Crippen molar-refractivity contribution >= 4 is 27.0 Å². The molecule has 8 heteroatoms. The van der Waals surface area contributed by atoms with Crippen LogP contribution in [0.4, 0.5) is 10.4 Å². The maximum absolute atomic E-state index is 13.5. The Morgan fingerprint density at radius 3 is 2.95 bits per heavy atom. The van der Waals surface area contributed by atoms with E-state index in [1.54, 1.807) is 6.07 Å². The van der Waals surface area contributed by atoms with Crippen LogP contribution in [0.1, 0.15) is 6.42 Å². The number of nitrogens with zero attached hydrogens (tertiary/aromatic N) is 1. The van der Waals surface area contributed by atoms with Crippen LogP contribution >= 0.6 is 0 Å². The normalized spacial score (nSPS) is 24.5. The van der Waals surface area contributed by atoms with Gasteiger partial charge in [-0.15, -0.1) is 0 Å². The average Bonchev–Trinajstić information content (AvgIpc) is 2.99. The van der Waals surface area contributed by atoms with Gasteiger partial charge in [0, 0.05) is 13.7 Å². The minimum absolute atomic E-state index is 0.0436. The lowest BCUT2D eigenvalue weighted by Crippen LogP contribution is -2.40. The first-order chi connectivity index (χ1) is 9.93. The number of anilines is 1. The van der Waals surface area contributed by atoms with Gasteiger partial charge >= 0.3 is 0 Å². The predicted molar refractivity (Wildman–Crippen MR) is 75.5 cm³/mol. The highest BCUT2D eigenvalue weighted by atomic mass is 32.2. The van der Waals surface area contributed by atoms with Gasteiger partial charge in [0.15, 0.2) is 21.2 Å². The second kappa shape index (κ2) is 4.96. The van der Waals surface area contributed by atoms with Crippen LogP contribution in [0, 0.1) is 5.82 Å². The zero-order chi connectivity index (χ0) is 15.1. The SMILES string of the molecule is COC1(CNc2nc3c(F)cccc3o2)CCS(=O)(=O)C1. The number of methoxy groups -OCH3 is 1. The smallest absolute Gasteiger partial charge is 0.295 e. The highest BCUT2D eigenvalue weighted by Crippen LogP contribution is 2.28. The number of para-hydroxylation sites is 1. The van der Waals surface area contributed by atoms with E-state index in [0.717, 1.165) is 0 Å². The molecule has 1 aromatic carbocycles. The van der Waals surface area contributed by atoms with Crippen LogP contribution in [0.2, 0.25) is 0 Å². The molecule has 0 aliphatic carbocycles. The maximum atomic E-state index is 13.5. The van der Waals surface area contributed by atoms with Crippen molar-refractivity contribution in [1.82, 2.24) is 4.98 Å². The van der Waals surface area contributed by atoms with E-state index >= 15 is 0 Å². The number of hydrogen-bond donors (Lipinski definition) is 1. The van der Waals surface area contributed by atoms with Crippen molar-refractivity contribution in [2.75, 3.05) is 30.5 Å². The highest BCUT2D eigenvalue weighted by Gasteiger charge is 2.42. The number of sulfone groups is 1. The van der Waals surface area contributed by atoms with Gasteiger partial charge < -0.3 is 14.5 Å². The number of hydrogen-bond acceptors (Lipinski definition) is 6. The van der Waals surface area contributed by atoms with Crippen LogP contribution < -0.4 is 5.32 Å². The first-order valence-electron chi connectivity index (χ1n) is 6.48. The largest absolute Gasteiger partial charge is 0.423 e. The van der Waals surface area contributed by atoms with Gasteiger partial charge in [0.2, 0.25) is 0 Å². The molecule has 1 fully saturated rings. The van der Waals surface area contributed by atoms with Crippen LogP contribution in [0.3, 0.4) is 0 Å². The molecule has 0 bridgehead atoms. The number of benzene rings is 1. The molecular formula is C13H15FN2O4S. The summed E-state index contributed by atoms with van der Waals surface area (Å²) in [6.45, 7) is 0.233. The topological polar surface area (TPSA) is 81.4 Å². The Kier molecular flexibility index (Phi) is 3.37. The summed E-state index contributed by atoms with van der Waals surface area (Å²) in [7, 11) is -1.60. The lowest BCUT2D eigenvalue weighted by molar-refractivity contribution is 0.0237. The van der Waals surface area contributed by atoms with Gasteiger partial charge in [-0.25, -0.2) is 12.8 Å². The second-order valence-corrected chi connectivity index (χ2v) is 7.37. The van der Waals surface area contributed by atoms with Crippen LogP contribution in [0.5, 0.6) is 0 Å². The Morgan fingerprint density at radius 1 is 1.52 bits per heavy atom. The van der Waals surface area contributed by atoms with Crippen molar-refractivity contribution in [3.8, 4) is 0 Å². The van der Waals surface area contributed by atoms with E-state index in [2.05, 4.69) is 10.3 Å². The number of halogens is 1. The third-order valence-corrected chi connectivity index (χ3v) is 5.51. The average molecular weight is 314 g/mol. The molecule has 1 N–H and O–H groups in total. The maximum Gasteiger partial charge on any atom is 0.295 e. The summed E-state index contributed by atoms with van der Waals surface area (Å²) in [6.07, 6.45) is 0.410. The summed E-state index contributed by atoms with van der Waals surface area (Å²) in [4.78, 5) is 4.02. The van der Waals surface area contributed by atoms with Gasteiger partial charge in [0.25, 0.3) is 6.01 Å². The van der Waals surface area contributed by atoms with E-state index in [9.17, 15) is 12.8 Å². The standard InChI is InChI=1S/C13H15FN2O4S/c1-19-13(5-6-21(17,18)8-13)7-15-12-16-11-9(14)3-2-4-10(11)20-12/h2-4H,5-8H2,1H3,(H,15,16). The van der Waals surface area contributed by atoms with E-state index in [0.29, 0.717) is 12.0 Å². The molecule has 1 aromatic heterocycles. The fraction of sp³-hybridized carbons (Fsp3) is 0.462. The molecule has 1 atom stereocenters. The van der Waals surface area contributed by atoms with E-state index < -0.39 is 21.3 Å². The van der Waals surface area contributed by atoms with Crippen LogP contribution in [-0.4, -0.2) is 44.2 Å². The molecular weight excluding hydrogens is 299 g/mol. The van der Waals surface area contributed by atoms with E-state index in [1.165, 1.54) is 19.2 Å². The number of fused-ring (bicyclic) bond motifs is 1. The Morgan fingerprint density at radius 2 is 2.33 bits per heavy atom. The first kappa shape index (κ1) is 14.3. The molecule has 2 heterocycles. The van der Waals surface area contributed by atoms with Crippen molar-refractivity contribution in [2.45, 2.75) is 12.0 Å². The molecule has 1 unspecified atom stereocenters. The van der Waals surface area contributed by atoms with E-state index in [1.807, 2.05) is 0 Å². The molecule has 21 heavy (non-hydrogen) atoms. The van der Waals surface area contributed by atoms with Crippen molar-refractivity contribution in [3.05, 3.63) is 24.0 Å². The van der Waals surface area contributed by atoms with E-state index in [4.69, 9.17) is 9.15 Å². The fourth-order valence-electron chi connectivity index (χ4n) is 2.49. The number of rotatable bonds is 4. The van der Waals surface area contributed by atoms with Crippen LogP contribution in [0.25, 0.3) is 11.1 Å². The zero-order valence-corrected chi connectivity index (χ0v) is 12.2. The van der Waals surface area contributed by atoms with Gasteiger partial charge in [0.05, 0.1) is 17.1 Å². The summed E-state index contributed by atoms with van der Waals surface area (Å²) < 4.78 is 47.5. The molecule has 1 saturated heterocycles. The van der Waals surface area contributed by atoms with Gasteiger partial charge in [-0.1, -0.05) is 6.07 Å². The quantitative estimate of drug-likeness (QED) is 0.923. The molecule has 3 rings (SSSR count). The zero-order valence-electron chi connectivity index (χ0n) is 11.4. The second-order valence-electron chi connectivity index (χ2n) is 5.19. The summed E-state index contributed by atoms with van der Waals surface area (Å²) in [5.74, 6) is -0.405. The third kappa shape index (κ3) is 2.73. The predicted octanol–water partition coefficient (Wildman–Crippen LogP) is 1.58. The van der Waals surface area contributed by atoms with Crippen molar-refractivity contribution in [3.63, 3.8) is 0 Å². The molecule has 2 aromatic rings. The first-order valence-corrected chi connectivity index (χ1v) is 8.30. The molecule has 0 amide bonds. The summed E-state index contributed by atoms with van der Waals surface area (Å²) in [6, 6.07) is 4.60. The Hall–Kier alpha value is -1.67. The monoisotopic (exact) mass is 314 g/mol. The molecule has 0 radical (unpaired) electrons. The number of aromatic nitrogens is 1. The van der Waals surface area contributed by atoms with Crippen molar-refractivity contribution in [2.24, 2.45) is 0 Å². The summed E-state index contributed by atoms with van der Waals surface area (Å²) >= 11 is 0. The Labute approximate surface area is 121 Å². The van der Waals surface area contributed by atoms with Crippen LogP contribution in [0.15, 0.2) is 22.6 Å². The molecule has 6 nitrogen and oxygen atoms in total. The molecule has 1 aliphatic rings. The molecule has 114 valence electrons. The van der Waals surface area contributed by atoms with Gasteiger partial charge in [-0.2, -0.15) is 4.98 Å². The Bertz CT molecular complexity index is 774. The minimum atomic E-state index is -3.08. The molecule has 0 spiro atoms. The number of oxazole rings is 1. The van der Waals surface area contributed by atoms with Gasteiger partial charge in [0.1, 0.15) is 5.52 Å². The molecule has 0 saturated carbocycles. The highest BCUT2D eigenvalue weighted by molar-refractivity contribution is 7.91. The van der Waals surface area contributed by atoms with Crippen molar-refractivity contribution < 1.29 is 22.0 Å². The van der Waals surface area contributed by atoms with Gasteiger partial charge in [-0.3, -0.25) is 0 Å².